The van der Waals surface area contributed by atoms with Crippen LogP contribution in [0.25, 0.3) is 0 Å². The summed E-state index contributed by atoms with van der Waals surface area (Å²) < 4.78 is 0. The minimum absolute atomic E-state index is 0.0371. The van der Waals surface area contributed by atoms with Gasteiger partial charge in [0.1, 0.15) is 6.04 Å². The Morgan fingerprint density at radius 3 is 2.00 bits per heavy atom. The largest absolute Gasteiger partial charge is 0.481 e. The van der Waals surface area contributed by atoms with E-state index in [1.54, 1.807) is 0 Å². The van der Waals surface area contributed by atoms with Gasteiger partial charge in [0.25, 0.3) is 0 Å². The topological polar surface area (TPSA) is 95.5 Å². The molecule has 0 aromatic carbocycles. The number of carbonyl (C=O) groups excluding carboxylic acids is 2. The zero-order valence-corrected chi connectivity index (χ0v) is 17.1. The molecule has 1 fully saturated rings. The molecule has 0 aromatic heterocycles. The lowest BCUT2D eigenvalue weighted by Crippen LogP contribution is -2.55. The zero-order valence-electron chi connectivity index (χ0n) is 17.1. The highest BCUT2D eigenvalue weighted by atomic mass is 16.4. The van der Waals surface area contributed by atoms with E-state index in [0.717, 1.165) is 25.7 Å². The summed E-state index contributed by atoms with van der Waals surface area (Å²) in [4.78, 5) is 37.4. The maximum Gasteiger partial charge on any atom is 0.307 e. The highest BCUT2D eigenvalue weighted by Gasteiger charge is 2.42. The quantitative estimate of drug-likeness (QED) is 0.614. The number of aliphatic carboxylic acids is 1. The van der Waals surface area contributed by atoms with Crippen LogP contribution in [0.5, 0.6) is 0 Å². The van der Waals surface area contributed by atoms with Crippen LogP contribution in [-0.4, -0.2) is 36.0 Å². The predicted octanol–water partition coefficient (Wildman–Crippen LogP) is 2.82. The molecule has 2 amide bonds. The van der Waals surface area contributed by atoms with Crippen molar-refractivity contribution in [2.24, 2.45) is 29.1 Å². The third-order valence-electron chi connectivity index (χ3n) is 5.35. The minimum atomic E-state index is -0.898. The number of rotatable bonds is 8. The Kier molecular flexibility index (Phi) is 8.10. The average Bonchev–Trinajstić information content (AvgIpc) is 3.03. The molecule has 1 aliphatic rings. The number of likely N-dealkylation sites (N-methyl/N-ethyl adjacent to an activating group) is 1. The van der Waals surface area contributed by atoms with Crippen LogP contribution in [-0.2, 0) is 14.4 Å². The lowest BCUT2D eigenvalue weighted by atomic mass is 9.75. The Hall–Kier alpha value is -1.59. The molecule has 6 heteroatoms. The summed E-state index contributed by atoms with van der Waals surface area (Å²) in [5, 5.41) is 15.3. The van der Waals surface area contributed by atoms with Crippen molar-refractivity contribution in [3.05, 3.63) is 0 Å². The van der Waals surface area contributed by atoms with E-state index in [0.29, 0.717) is 6.42 Å². The molecule has 150 valence electrons. The van der Waals surface area contributed by atoms with Crippen LogP contribution in [0, 0.1) is 29.1 Å². The summed E-state index contributed by atoms with van der Waals surface area (Å²) in [5.74, 6) is -2.55. The average molecular weight is 369 g/mol. The number of carbonyl (C=O) groups is 3. The number of hydrogen-bond acceptors (Lipinski definition) is 3. The van der Waals surface area contributed by atoms with Gasteiger partial charge in [-0.05, 0) is 36.5 Å². The van der Waals surface area contributed by atoms with Crippen molar-refractivity contribution in [1.82, 2.24) is 10.6 Å². The van der Waals surface area contributed by atoms with E-state index in [1.807, 2.05) is 34.6 Å². The van der Waals surface area contributed by atoms with Crippen molar-refractivity contribution in [3.63, 3.8) is 0 Å². The number of nitrogens with one attached hydrogen (secondary N) is 2. The molecule has 1 rings (SSSR count). The highest BCUT2D eigenvalue weighted by Crippen LogP contribution is 2.38. The van der Waals surface area contributed by atoms with Crippen LogP contribution < -0.4 is 10.6 Å². The fourth-order valence-corrected chi connectivity index (χ4v) is 4.01. The summed E-state index contributed by atoms with van der Waals surface area (Å²) in [6.07, 6.45) is 4.26. The van der Waals surface area contributed by atoms with Gasteiger partial charge in [-0.3, -0.25) is 14.4 Å². The summed E-state index contributed by atoms with van der Waals surface area (Å²) in [6, 6.07) is -0.701. The van der Waals surface area contributed by atoms with Gasteiger partial charge in [0.15, 0.2) is 0 Å². The van der Waals surface area contributed by atoms with Crippen molar-refractivity contribution in [1.29, 1.82) is 0 Å². The Labute approximate surface area is 157 Å². The van der Waals surface area contributed by atoms with Crippen molar-refractivity contribution >= 4 is 17.8 Å². The van der Waals surface area contributed by atoms with Crippen LogP contribution in [0.3, 0.4) is 0 Å². The first kappa shape index (κ1) is 22.5. The maximum absolute atomic E-state index is 13.1. The fourth-order valence-electron chi connectivity index (χ4n) is 4.01. The molecule has 26 heavy (non-hydrogen) atoms. The molecule has 6 nitrogen and oxygen atoms in total. The van der Waals surface area contributed by atoms with Gasteiger partial charge in [0.2, 0.25) is 11.8 Å². The third-order valence-corrected chi connectivity index (χ3v) is 5.35. The van der Waals surface area contributed by atoms with Crippen LogP contribution in [0.4, 0.5) is 0 Å². The highest BCUT2D eigenvalue weighted by molar-refractivity contribution is 5.90. The van der Waals surface area contributed by atoms with Crippen LogP contribution in [0.15, 0.2) is 0 Å². The van der Waals surface area contributed by atoms with Gasteiger partial charge < -0.3 is 15.7 Å². The predicted molar refractivity (Wildman–Crippen MR) is 101 cm³/mol. The molecule has 1 aliphatic carbocycles. The Morgan fingerprint density at radius 2 is 1.62 bits per heavy atom. The molecule has 0 saturated heterocycles. The fraction of sp³-hybridized carbons (Fsp3) is 0.850. The first-order valence-electron chi connectivity index (χ1n) is 9.73. The molecule has 0 aromatic rings. The smallest absolute Gasteiger partial charge is 0.307 e. The standard InChI is InChI=1S/C20H36N2O4/c1-12(2)11-14(15(19(25)26)13-9-7-8-10-13)17(23)22-16(18(24)21-6)20(3,4)5/h12-16H,7-11H2,1-6H3,(H,21,24)(H,22,23)(H,25,26)/t14-,15-,16+/m0/s1. The van der Waals surface area contributed by atoms with Crippen molar-refractivity contribution in [2.75, 3.05) is 7.05 Å². The first-order chi connectivity index (χ1) is 12.0. The van der Waals surface area contributed by atoms with E-state index in [-0.39, 0.29) is 23.7 Å². The summed E-state index contributed by atoms with van der Waals surface area (Å²) >= 11 is 0. The van der Waals surface area contributed by atoms with E-state index in [2.05, 4.69) is 10.6 Å². The second-order valence-electron chi connectivity index (χ2n) is 9.07. The summed E-state index contributed by atoms with van der Waals surface area (Å²) in [5.41, 5.74) is -0.468. The normalized spacial score (nSPS) is 19.0. The molecule has 0 bridgehead atoms. The molecular formula is C20H36N2O4. The van der Waals surface area contributed by atoms with Crippen molar-refractivity contribution < 1.29 is 19.5 Å². The molecule has 3 atom stereocenters. The SMILES string of the molecule is CNC(=O)[C@@H](NC(=O)[C@@H](CC(C)C)[C@@H](C(=O)O)C1CCCC1)C(C)(C)C. The zero-order chi connectivity index (χ0) is 20.1. The Balaban J connectivity index is 3.10. The van der Waals surface area contributed by atoms with Crippen LogP contribution >= 0.6 is 0 Å². The summed E-state index contributed by atoms with van der Waals surface area (Å²) in [7, 11) is 1.54. The van der Waals surface area contributed by atoms with Gasteiger partial charge >= 0.3 is 5.97 Å². The summed E-state index contributed by atoms with van der Waals surface area (Å²) in [6.45, 7) is 9.64. The van der Waals surface area contributed by atoms with Gasteiger partial charge in [-0.15, -0.1) is 0 Å². The molecule has 0 radical (unpaired) electrons. The second-order valence-corrected chi connectivity index (χ2v) is 9.07. The van der Waals surface area contributed by atoms with Gasteiger partial charge in [-0.1, -0.05) is 47.5 Å². The molecular weight excluding hydrogens is 332 g/mol. The molecule has 0 aliphatic heterocycles. The van der Waals surface area contributed by atoms with Gasteiger partial charge in [-0.2, -0.15) is 0 Å². The lowest BCUT2D eigenvalue weighted by Gasteiger charge is -2.34. The molecule has 3 N–H and O–H groups in total. The molecule has 1 saturated carbocycles. The number of hydrogen-bond donors (Lipinski definition) is 3. The number of amides is 2. The minimum Gasteiger partial charge on any atom is -0.481 e. The lowest BCUT2D eigenvalue weighted by molar-refractivity contribution is -0.151. The molecule has 0 unspecified atom stereocenters. The van der Waals surface area contributed by atoms with Gasteiger partial charge in [0, 0.05) is 7.05 Å². The monoisotopic (exact) mass is 368 g/mol. The van der Waals surface area contributed by atoms with E-state index >= 15 is 0 Å². The number of carboxylic acid groups (broad SMARTS) is 1. The number of carboxylic acids is 1. The van der Waals surface area contributed by atoms with Crippen molar-refractivity contribution in [2.45, 2.75) is 72.8 Å². The first-order valence-corrected chi connectivity index (χ1v) is 9.73. The van der Waals surface area contributed by atoms with Gasteiger partial charge in [-0.25, -0.2) is 0 Å². The molecule has 0 heterocycles. The van der Waals surface area contributed by atoms with E-state index in [4.69, 9.17) is 0 Å². The van der Waals surface area contributed by atoms with Crippen molar-refractivity contribution in [3.8, 4) is 0 Å². The Morgan fingerprint density at radius 1 is 1.08 bits per heavy atom. The maximum atomic E-state index is 13.1. The van der Waals surface area contributed by atoms with Crippen LogP contribution in [0.1, 0.15) is 66.7 Å². The Bertz CT molecular complexity index is 504. The second kappa shape index (κ2) is 9.38. The third kappa shape index (κ3) is 5.99. The van der Waals surface area contributed by atoms with Gasteiger partial charge in [0.05, 0.1) is 11.8 Å². The van der Waals surface area contributed by atoms with E-state index in [9.17, 15) is 19.5 Å². The molecule has 0 spiro atoms. The van der Waals surface area contributed by atoms with E-state index in [1.165, 1.54) is 7.05 Å². The van der Waals surface area contributed by atoms with Crippen LogP contribution in [0.2, 0.25) is 0 Å². The van der Waals surface area contributed by atoms with E-state index < -0.39 is 29.3 Å².